The molecule has 2 unspecified atom stereocenters. The first-order chi connectivity index (χ1) is 10.6. The lowest BCUT2D eigenvalue weighted by atomic mass is 10.0. The predicted octanol–water partition coefficient (Wildman–Crippen LogP) is 2.39. The van der Waals surface area contributed by atoms with E-state index in [1.54, 1.807) is 0 Å². The molecule has 0 saturated carbocycles. The molecule has 1 saturated heterocycles. The zero-order chi connectivity index (χ0) is 17.3. The molecule has 3 N–H and O–H groups in total. The van der Waals surface area contributed by atoms with Gasteiger partial charge >= 0.3 is 12.4 Å². The lowest BCUT2D eigenvalue weighted by molar-refractivity contribution is -0.143. The number of rotatable bonds is 4. The van der Waals surface area contributed by atoms with Gasteiger partial charge in [0, 0.05) is 32.1 Å². The molecule has 1 aromatic carbocycles. The molecular formula is C14H16F6N2O. The summed E-state index contributed by atoms with van der Waals surface area (Å²) in [6, 6.07) is 1.51. The summed E-state index contributed by atoms with van der Waals surface area (Å²) in [5.74, 6) is -0.122. The lowest BCUT2D eigenvalue weighted by Gasteiger charge is -2.16. The number of hydrogen-bond donors (Lipinski definition) is 3. The summed E-state index contributed by atoms with van der Waals surface area (Å²) in [4.78, 5) is 0. The molecule has 9 heteroatoms. The van der Waals surface area contributed by atoms with Crippen molar-refractivity contribution in [2.45, 2.75) is 25.0 Å². The Morgan fingerprint density at radius 3 is 2.00 bits per heavy atom. The maximum absolute atomic E-state index is 12.7. The van der Waals surface area contributed by atoms with Gasteiger partial charge in [0.1, 0.15) is 0 Å². The van der Waals surface area contributed by atoms with Crippen LogP contribution in [0.4, 0.5) is 26.3 Å². The molecular weight excluding hydrogens is 326 g/mol. The van der Waals surface area contributed by atoms with Crippen molar-refractivity contribution < 1.29 is 31.4 Å². The van der Waals surface area contributed by atoms with Gasteiger partial charge in [-0.3, -0.25) is 0 Å². The number of halogens is 6. The molecule has 1 heterocycles. The summed E-state index contributed by atoms with van der Waals surface area (Å²) in [5.41, 5.74) is -2.76. The van der Waals surface area contributed by atoms with Crippen LogP contribution in [0.3, 0.4) is 0 Å². The fourth-order valence-electron chi connectivity index (χ4n) is 2.45. The third-order valence-electron chi connectivity index (χ3n) is 3.69. The van der Waals surface area contributed by atoms with Crippen LogP contribution < -0.4 is 10.6 Å². The highest BCUT2D eigenvalue weighted by Gasteiger charge is 2.36. The van der Waals surface area contributed by atoms with Gasteiger partial charge in [-0.2, -0.15) is 26.3 Å². The zero-order valence-corrected chi connectivity index (χ0v) is 11.9. The fraction of sp³-hybridized carbons (Fsp3) is 0.571. The van der Waals surface area contributed by atoms with E-state index in [1.165, 1.54) is 0 Å². The van der Waals surface area contributed by atoms with Gasteiger partial charge in [0.15, 0.2) is 0 Å². The van der Waals surface area contributed by atoms with E-state index in [9.17, 15) is 31.4 Å². The van der Waals surface area contributed by atoms with E-state index < -0.39 is 29.6 Å². The van der Waals surface area contributed by atoms with Crippen LogP contribution in [0.1, 0.15) is 16.7 Å². The number of nitrogens with one attached hydrogen (secondary N) is 2. The second kappa shape index (κ2) is 6.66. The van der Waals surface area contributed by atoms with Crippen LogP contribution in [0.5, 0.6) is 0 Å². The molecule has 2 rings (SSSR count). The molecule has 0 spiro atoms. The Morgan fingerprint density at radius 1 is 1.00 bits per heavy atom. The summed E-state index contributed by atoms with van der Waals surface area (Å²) >= 11 is 0. The standard InChI is InChI=1S/C14H16F6N2O/c15-13(16,17)10-1-8(2-11(3-10)14(18,19)20)4-21-5-9-6-22-7-12(9)23/h1-3,9,12,21-23H,4-7H2. The number of benzene rings is 1. The van der Waals surface area contributed by atoms with Crippen LogP contribution in [0.2, 0.25) is 0 Å². The van der Waals surface area contributed by atoms with Crippen molar-refractivity contribution >= 4 is 0 Å². The van der Waals surface area contributed by atoms with E-state index in [2.05, 4.69) is 10.6 Å². The molecule has 1 aliphatic heterocycles. The molecule has 1 fully saturated rings. The van der Waals surface area contributed by atoms with Crippen LogP contribution in [-0.2, 0) is 18.9 Å². The van der Waals surface area contributed by atoms with Gasteiger partial charge < -0.3 is 15.7 Å². The number of aliphatic hydroxyl groups is 1. The maximum Gasteiger partial charge on any atom is 0.416 e. The summed E-state index contributed by atoms with van der Waals surface area (Å²) in [7, 11) is 0. The topological polar surface area (TPSA) is 44.3 Å². The molecule has 130 valence electrons. The summed E-state index contributed by atoms with van der Waals surface area (Å²) in [5, 5.41) is 15.3. The molecule has 0 aromatic heterocycles. The zero-order valence-electron chi connectivity index (χ0n) is 11.9. The number of β-amino-alcohol motifs (C(OH)–C–C–N with tert-alkyl or cyclic N) is 1. The van der Waals surface area contributed by atoms with Crippen molar-refractivity contribution in [2.75, 3.05) is 19.6 Å². The average molecular weight is 342 g/mol. The highest BCUT2D eigenvalue weighted by atomic mass is 19.4. The van der Waals surface area contributed by atoms with Crippen LogP contribution in [0, 0.1) is 5.92 Å². The summed E-state index contributed by atoms with van der Waals surface area (Å²) in [6.07, 6.45) is -10.3. The van der Waals surface area contributed by atoms with Crippen molar-refractivity contribution in [3.8, 4) is 0 Å². The third-order valence-corrected chi connectivity index (χ3v) is 3.69. The Kier molecular flexibility index (Phi) is 5.22. The molecule has 0 amide bonds. The van der Waals surface area contributed by atoms with Crippen LogP contribution in [-0.4, -0.2) is 30.8 Å². The van der Waals surface area contributed by atoms with E-state index in [1.807, 2.05) is 0 Å². The highest BCUT2D eigenvalue weighted by molar-refractivity contribution is 5.33. The SMILES string of the molecule is OC1CNCC1CNCc1cc(C(F)(F)F)cc(C(F)(F)F)c1. The minimum atomic E-state index is -4.85. The van der Waals surface area contributed by atoms with Gasteiger partial charge in [-0.05, 0) is 23.8 Å². The van der Waals surface area contributed by atoms with Gasteiger partial charge in [0.05, 0.1) is 17.2 Å². The molecule has 23 heavy (non-hydrogen) atoms. The van der Waals surface area contributed by atoms with E-state index in [0.717, 1.165) is 0 Å². The fourth-order valence-corrected chi connectivity index (χ4v) is 2.45. The first kappa shape index (κ1) is 18.0. The smallest absolute Gasteiger partial charge is 0.391 e. The molecule has 0 aliphatic carbocycles. The monoisotopic (exact) mass is 342 g/mol. The van der Waals surface area contributed by atoms with Crippen molar-refractivity contribution in [3.63, 3.8) is 0 Å². The van der Waals surface area contributed by atoms with Crippen molar-refractivity contribution in [2.24, 2.45) is 5.92 Å². The quantitative estimate of drug-likeness (QED) is 0.737. The van der Waals surface area contributed by atoms with Crippen LogP contribution >= 0.6 is 0 Å². The van der Waals surface area contributed by atoms with Gasteiger partial charge in [0.2, 0.25) is 0 Å². The Bertz CT molecular complexity index is 511. The third kappa shape index (κ3) is 4.82. The van der Waals surface area contributed by atoms with Crippen molar-refractivity contribution in [1.29, 1.82) is 0 Å². The first-order valence-electron chi connectivity index (χ1n) is 6.95. The first-order valence-corrected chi connectivity index (χ1v) is 6.95. The molecule has 1 aromatic rings. The Labute approximate surface area is 128 Å². The minimum Gasteiger partial charge on any atom is -0.391 e. The van der Waals surface area contributed by atoms with E-state index in [4.69, 9.17) is 0 Å². The largest absolute Gasteiger partial charge is 0.416 e. The molecule has 3 nitrogen and oxygen atoms in total. The lowest BCUT2D eigenvalue weighted by Crippen LogP contribution is -2.30. The summed E-state index contributed by atoms with van der Waals surface area (Å²) in [6.45, 7) is 1.13. The van der Waals surface area contributed by atoms with Gasteiger partial charge in [-0.25, -0.2) is 0 Å². The average Bonchev–Trinajstić information content (AvgIpc) is 2.82. The van der Waals surface area contributed by atoms with Gasteiger partial charge in [-0.15, -0.1) is 0 Å². The molecule has 1 aliphatic rings. The highest BCUT2D eigenvalue weighted by Crippen LogP contribution is 2.36. The van der Waals surface area contributed by atoms with Gasteiger partial charge in [-0.1, -0.05) is 0 Å². The van der Waals surface area contributed by atoms with E-state index >= 15 is 0 Å². The van der Waals surface area contributed by atoms with Crippen molar-refractivity contribution in [1.82, 2.24) is 10.6 Å². The Hall–Kier alpha value is -1.32. The predicted molar refractivity (Wildman–Crippen MR) is 70.5 cm³/mol. The number of alkyl halides is 6. The number of aliphatic hydroxyl groups excluding tert-OH is 1. The minimum absolute atomic E-state index is 0.104. The van der Waals surface area contributed by atoms with E-state index in [0.29, 0.717) is 31.8 Å². The molecule has 2 atom stereocenters. The normalized spacial score (nSPS) is 22.6. The van der Waals surface area contributed by atoms with Crippen LogP contribution in [0.25, 0.3) is 0 Å². The van der Waals surface area contributed by atoms with E-state index in [-0.39, 0.29) is 24.1 Å². The second-order valence-electron chi connectivity index (χ2n) is 5.53. The molecule has 0 bridgehead atoms. The summed E-state index contributed by atoms with van der Waals surface area (Å²) < 4.78 is 76.4. The maximum atomic E-state index is 12.7. The Balaban J connectivity index is 2.10. The van der Waals surface area contributed by atoms with Crippen LogP contribution in [0.15, 0.2) is 18.2 Å². The molecule has 0 radical (unpaired) electrons. The Morgan fingerprint density at radius 2 is 1.57 bits per heavy atom. The van der Waals surface area contributed by atoms with Gasteiger partial charge in [0.25, 0.3) is 0 Å². The second-order valence-corrected chi connectivity index (χ2v) is 5.53. The number of hydrogen-bond acceptors (Lipinski definition) is 3. The van der Waals surface area contributed by atoms with Crippen molar-refractivity contribution in [3.05, 3.63) is 34.9 Å².